The lowest BCUT2D eigenvalue weighted by Crippen LogP contribution is -2.39. The Morgan fingerprint density at radius 3 is 2.88 bits per heavy atom. The van der Waals surface area contributed by atoms with Gasteiger partial charge >= 0.3 is 6.09 Å². The molecule has 0 aromatic carbocycles. The van der Waals surface area contributed by atoms with E-state index in [-0.39, 0.29) is 6.04 Å². The average Bonchev–Trinajstić information content (AvgIpc) is 2.99. The average molecular weight is 333 g/mol. The van der Waals surface area contributed by atoms with Crippen molar-refractivity contribution in [2.75, 3.05) is 18.0 Å². The van der Waals surface area contributed by atoms with Crippen molar-refractivity contribution in [1.29, 1.82) is 0 Å². The summed E-state index contributed by atoms with van der Waals surface area (Å²) in [6.07, 6.45) is 4.78. The number of ether oxygens (including phenoxy) is 1. The largest absolute Gasteiger partial charge is 0.443 e. The molecule has 24 heavy (non-hydrogen) atoms. The quantitative estimate of drug-likeness (QED) is 0.773. The zero-order valence-electron chi connectivity index (χ0n) is 15.0. The molecule has 2 amide bonds. The van der Waals surface area contributed by atoms with Gasteiger partial charge in [0.05, 0.1) is 6.04 Å². The Balaban J connectivity index is 2.36. The van der Waals surface area contributed by atoms with E-state index >= 15 is 0 Å². The molecule has 1 aromatic rings. The Kier molecular flexibility index (Phi) is 5.80. The summed E-state index contributed by atoms with van der Waals surface area (Å²) >= 11 is 0. The molecule has 1 aliphatic rings. The van der Waals surface area contributed by atoms with Crippen molar-refractivity contribution in [2.24, 2.45) is 0 Å². The fourth-order valence-corrected chi connectivity index (χ4v) is 2.97. The Labute approximate surface area is 143 Å². The summed E-state index contributed by atoms with van der Waals surface area (Å²) in [5, 5.41) is 0. The molecule has 0 aliphatic carbocycles. The standard InChI is InChI=1S/C18H27N3O3/c1-5-11-21(17(23)24-18(2,3)4)16-14(8-6-10-19-16)15-9-7-12-20(15)13-22/h6,8,10,13,15H,5,7,9,11-12H2,1-4H3/t15-/m0/s1. The van der Waals surface area contributed by atoms with Crippen molar-refractivity contribution < 1.29 is 14.3 Å². The maximum Gasteiger partial charge on any atom is 0.416 e. The number of nitrogens with zero attached hydrogens (tertiary/aromatic N) is 3. The molecule has 2 heterocycles. The first kappa shape index (κ1) is 18.2. The van der Waals surface area contributed by atoms with E-state index in [2.05, 4.69) is 4.98 Å². The number of hydrogen-bond donors (Lipinski definition) is 0. The molecule has 0 bridgehead atoms. The van der Waals surface area contributed by atoms with Gasteiger partial charge in [0.15, 0.2) is 0 Å². The highest BCUT2D eigenvalue weighted by atomic mass is 16.6. The predicted octanol–water partition coefficient (Wildman–Crippen LogP) is 3.53. The highest BCUT2D eigenvalue weighted by Gasteiger charge is 2.31. The number of carbonyl (C=O) groups is 2. The minimum Gasteiger partial charge on any atom is -0.443 e. The monoisotopic (exact) mass is 333 g/mol. The maximum atomic E-state index is 12.6. The van der Waals surface area contributed by atoms with Crippen LogP contribution in [0.2, 0.25) is 0 Å². The van der Waals surface area contributed by atoms with E-state index in [0.29, 0.717) is 12.4 Å². The molecular formula is C18H27N3O3. The van der Waals surface area contributed by atoms with Gasteiger partial charge in [-0.15, -0.1) is 0 Å². The number of rotatable bonds is 5. The van der Waals surface area contributed by atoms with Crippen LogP contribution in [0.5, 0.6) is 0 Å². The second-order valence-electron chi connectivity index (χ2n) is 7.05. The molecule has 2 rings (SSSR count). The third-order valence-corrected chi connectivity index (χ3v) is 3.92. The topological polar surface area (TPSA) is 62.7 Å². The molecule has 1 fully saturated rings. The number of carbonyl (C=O) groups excluding carboxylic acids is 2. The molecule has 1 saturated heterocycles. The van der Waals surface area contributed by atoms with E-state index in [1.807, 2.05) is 39.8 Å². The number of anilines is 1. The fraction of sp³-hybridized carbons (Fsp3) is 0.611. The number of amides is 2. The van der Waals surface area contributed by atoms with Gasteiger partial charge in [0.1, 0.15) is 11.4 Å². The number of pyridine rings is 1. The van der Waals surface area contributed by atoms with Gasteiger partial charge in [0, 0.05) is 24.8 Å². The molecule has 1 atom stereocenters. The SMILES string of the molecule is CCCN(C(=O)OC(C)(C)C)c1ncccc1[C@@H]1CCCN1C=O. The summed E-state index contributed by atoms with van der Waals surface area (Å²) in [6.45, 7) is 8.81. The molecule has 1 aliphatic heterocycles. The number of aromatic nitrogens is 1. The van der Waals surface area contributed by atoms with E-state index in [0.717, 1.165) is 37.8 Å². The fourth-order valence-electron chi connectivity index (χ4n) is 2.97. The zero-order chi connectivity index (χ0) is 17.7. The van der Waals surface area contributed by atoms with Crippen molar-refractivity contribution >= 4 is 18.3 Å². The Morgan fingerprint density at radius 1 is 1.50 bits per heavy atom. The predicted molar refractivity (Wildman–Crippen MR) is 92.9 cm³/mol. The summed E-state index contributed by atoms with van der Waals surface area (Å²) in [5.74, 6) is 0.590. The minimum atomic E-state index is -0.569. The van der Waals surface area contributed by atoms with Gasteiger partial charge in [-0.3, -0.25) is 9.69 Å². The lowest BCUT2D eigenvalue weighted by atomic mass is 10.1. The molecular weight excluding hydrogens is 306 g/mol. The minimum absolute atomic E-state index is 0.0343. The van der Waals surface area contributed by atoms with Gasteiger partial charge in [-0.05, 0) is 46.1 Å². The second kappa shape index (κ2) is 7.64. The van der Waals surface area contributed by atoms with E-state index in [1.165, 1.54) is 0 Å². The molecule has 1 aromatic heterocycles. The number of likely N-dealkylation sites (tertiary alicyclic amines) is 1. The summed E-state index contributed by atoms with van der Waals surface area (Å²) in [6, 6.07) is 3.76. The van der Waals surface area contributed by atoms with Crippen LogP contribution >= 0.6 is 0 Å². The van der Waals surface area contributed by atoms with Crippen molar-refractivity contribution in [2.45, 2.75) is 58.6 Å². The van der Waals surface area contributed by atoms with Crippen LogP contribution in [-0.2, 0) is 9.53 Å². The summed E-state index contributed by atoms with van der Waals surface area (Å²) in [5.41, 5.74) is 0.335. The molecule has 0 radical (unpaired) electrons. The van der Waals surface area contributed by atoms with Crippen LogP contribution in [0.3, 0.4) is 0 Å². The zero-order valence-corrected chi connectivity index (χ0v) is 15.0. The van der Waals surface area contributed by atoms with Gasteiger partial charge in [-0.1, -0.05) is 13.0 Å². The number of hydrogen-bond acceptors (Lipinski definition) is 4. The summed E-state index contributed by atoms with van der Waals surface area (Å²) in [4.78, 5) is 31.8. The van der Waals surface area contributed by atoms with E-state index in [9.17, 15) is 9.59 Å². The summed E-state index contributed by atoms with van der Waals surface area (Å²) in [7, 11) is 0. The van der Waals surface area contributed by atoms with Crippen LogP contribution in [0, 0.1) is 0 Å². The van der Waals surface area contributed by atoms with E-state index in [1.54, 1.807) is 16.0 Å². The van der Waals surface area contributed by atoms with E-state index in [4.69, 9.17) is 4.74 Å². The first-order chi connectivity index (χ1) is 11.4. The third kappa shape index (κ3) is 4.24. The highest BCUT2D eigenvalue weighted by Crippen LogP contribution is 2.35. The third-order valence-electron chi connectivity index (χ3n) is 3.92. The van der Waals surface area contributed by atoms with Gasteiger partial charge < -0.3 is 9.64 Å². The lowest BCUT2D eigenvalue weighted by Gasteiger charge is -2.30. The maximum absolute atomic E-state index is 12.6. The molecule has 6 heteroatoms. The molecule has 0 spiro atoms. The smallest absolute Gasteiger partial charge is 0.416 e. The van der Waals surface area contributed by atoms with Gasteiger partial charge in [0.2, 0.25) is 6.41 Å². The lowest BCUT2D eigenvalue weighted by molar-refractivity contribution is -0.118. The first-order valence-corrected chi connectivity index (χ1v) is 8.54. The van der Waals surface area contributed by atoms with Crippen LogP contribution in [0.25, 0.3) is 0 Å². The van der Waals surface area contributed by atoms with Gasteiger partial charge in [0.25, 0.3) is 0 Å². The van der Waals surface area contributed by atoms with Gasteiger partial charge in [-0.2, -0.15) is 0 Å². The van der Waals surface area contributed by atoms with Crippen LogP contribution in [-0.4, -0.2) is 41.1 Å². The highest BCUT2D eigenvalue weighted by molar-refractivity contribution is 5.87. The molecule has 132 valence electrons. The summed E-state index contributed by atoms with van der Waals surface area (Å²) < 4.78 is 5.54. The normalized spacial score (nSPS) is 17.7. The Bertz CT molecular complexity index is 583. The van der Waals surface area contributed by atoms with Gasteiger partial charge in [-0.25, -0.2) is 9.78 Å². The van der Waals surface area contributed by atoms with Crippen molar-refractivity contribution in [3.63, 3.8) is 0 Å². The molecule has 0 N–H and O–H groups in total. The Morgan fingerprint density at radius 2 is 2.25 bits per heavy atom. The second-order valence-corrected chi connectivity index (χ2v) is 7.05. The van der Waals surface area contributed by atoms with E-state index < -0.39 is 11.7 Å². The molecule has 0 unspecified atom stereocenters. The first-order valence-electron chi connectivity index (χ1n) is 8.54. The van der Waals surface area contributed by atoms with Crippen LogP contribution in [0.1, 0.15) is 58.6 Å². The van der Waals surface area contributed by atoms with Crippen LogP contribution in [0.15, 0.2) is 18.3 Å². The molecule has 6 nitrogen and oxygen atoms in total. The van der Waals surface area contributed by atoms with Crippen LogP contribution in [0.4, 0.5) is 10.6 Å². The Hall–Kier alpha value is -2.11. The van der Waals surface area contributed by atoms with Crippen molar-refractivity contribution in [3.8, 4) is 0 Å². The molecule has 0 saturated carbocycles. The van der Waals surface area contributed by atoms with Crippen molar-refractivity contribution in [3.05, 3.63) is 23.9 Å². The van der Waals surface area contributed by atoms with Crippen molar-refractivity contribution in [1.82, 2.24) is 9.88 Å². The van der Waals surface area contributed by atoms with Crippen LogP contribution < -0.4 is 4.90 Å².